The summed E-state index contributed by atoms with van der Waals surface area (Å²) < 4.78 is 17.5. The summed E-state index contributed by atoms with van der Waals surface area (Å²) in [5.41, 5.74) is 0.781. The van der Waals surface area contributed by atoms with Crippen LogP contribution in [0.4, 0.5) is 0 Å². The number of ether oxygens (including phenoxy) is 3. The standard InChI is InChI=1S/C17H17N3O5/c1-2-23-17(22)11-8-13-16(21)18-12(9-20(13)19-11)10-3-4-14-15(7-10)25-6-5-24-14/h3-4,8-10H,2,5-7H2,1H3,(H,18,21). The summed E-state index contributed by atoms with van der Waals surface area (Å²) in [6.07, 6.45) is 6.13. The molecule has 3 heterocycles. The van der Waals surface area contributed by atoms with Gasteiger partial charge in [0, 0.05) is 30.3 Å². The molecule has 0 amide bonds. The summed E-state index contributed by atoms with van der Waals surface area (Å²) in [7, 11) is 0. The Balaban J connectivity index is 1.67. The summed E-state index contributed by atoms with van der Waals surface area (Å²) in [6, 6.07) is 1.43. The molecule has 25 heavy (non-hydrogen) atoms. The molecule has 4 rings (SSSR count). The average molecular weight is 343 g/mol. The molecule has 0 bridgehead atoms. The molecule has 8 nitrogen and oxygen atoms in total. The average Bonchev–Trinajstić information content (AvgIpc) is 3.06. The van der Waals surface area contributed by atoms with Gasteiger partial charge in [0.25, 0.3) is 5.56 Å². The fourth-order valence-electron chi connectivity index (χ4n) is 2.97. The van der Waals surface area contributed by atoms with Gasteiger partial charge in [0.15, 0.2) is 11.5 Å². The fraction of sp³-hybridized carbons (Fsp3) is 0.353. The van der Waals surface area contributed by atoms with Crippen molar-refractivity contribution in [2.24, 2.45) is 0 Å². The molecule has 8 heteroatoms. The number of nitrogens with one attached hydrogen (secondary N) is 1. The van der Waals surface area contributed by atoms with Gasteiger partial charge in [-0.2, -0.15) is 5.10 Å². The van der Waals surface area contributed by atoms with Crippen LogP contribution in [-0.2, 0) is 14.2 Å². The number of aromatic amines is 1. The maximum absolute atomic E-state index is 12.4. The Morgan fingerprint density at radius 3 is 3.12 bits per heavy atom. The lowest BCUT2D eigenvalue weighted by Gasteiger charge is -2.26. The smallest absolute Gasteiger partial charge is 0.358 e. The number of carbonyl (C=O) groups is 1. The van der Waals surface area contributed by atoms with Crippen molar-refractivity contribution in [3.63, 3.8) is 0 Å². The molecule has 0 saturated carbocycles. The highest BCUT2D eigenvalue weighted by molar-refractivity contribution is 5.88. The summed E-state index contributed by atoms with van der Waals surface area (Å²) >= 11 is 0. The van der Waals surface area contributed by atoms with Crippen LogP contribution in [0.1, 0.15) is 35.4 Å². The molecule has 1 N–H and O–H groups in total. The van der Waals surface area contributed by atoms with Crippen LogP contribution in [0.5, 0.6) is 0 Å². The number of nitrogens with zero attached hydrogens (tertiary/aromatic N) is 2. The van der Waals surface area contributed by atoms with Crippen LogP contribution < -0.4 is 5.56 Å². The summed E-state index contributed by atoms with van der Waals surface area (Å²) in [4.78, 5) is 27.0. The van der Waals surface area contributed by atoms with Gasteiger partial charge in [-0.15, -0.1) is 0 Å². The van der Waals surface area contributed by atoms with Crippen molar-refractivity contribution in [2.75, 3.05) is 19.8 Å². The second-order valence-corrected chi connectivity index (χ2v) is 5.77. The van der Waals surface area contributed by atoms with Gasteiger partial charge in [-0.05, 0) is 13.0 Å². The van der Waals surface area contributed by atoms with Gasteiger partial charge in [-0.25, -0.2) is 9.31 Å². The molecule has 1 aliphatic heterocycles. The third kappa shape index (κ3) is 2.79. The van der Waals surface area contributed by atoms with Crippen LogP contribution in [0.25, 0.3) is 5.52 Å². The highest BCUT2D eigenvalue weighted by atomic mass is 16.6. The predicted molar refractivity (Wildman–Crippen MR) is 87.2 cm³/mol. The van der Waals surface area contributed by atoms with Gasteiger partial charge < -0.3 is 19.2 Å². The molecule has 2 aromatic rings. The lowest BCUT2D eigenvalue weighted by Crippen LogP contribution is -2.20. The minimum absolute atomic E-state index is 0.0622. The Morgan fingerprint density at radius 1 is 1.44 bits per heavy atom. The van der Waals surface area contributed by atoms with E-state index in [9.17, 15) is 9.59 Å². The number of allylic oxidation sites excluding steroid dienone is 3. The van der Waals surface area contributed by atoms with Crippen LogP contribution in [0.15, 0.2) is 40.7 Å². The molecule has 0 fully saturated rings. The number of rotatable bonds is 3. The van der Waals surface area contributed by atoms with E-state index in [1.807, 2.05) is 12.2 Å². The minimum atomic E-state index is -0.549. The van der Waals surface area contributed by atoms with Crippen LogP contribution in [0, 0.1) is 0 Å². The molecule has 2 aliphatic rings. The van der Waals surface area contributed by atoms with E-state index in [2.05, 4.69) is 10.1 Å². The number of fused-ring (bicyclic) bond motifs is 1. The molecule has 0 radical (unpaired) electrons. The minimum Gasteiger partial charge on any atom is -0.490 e. The van der Waals surface area contributed by atoms with Gasteiger partial charge >= 0.3 is 5.97 Å². The van der Waals surface area contributed by atoms with Crippen molar-refractivity contribution >= 4 is 11.5 Å². The highest BCUT2D eigenvalue weighted by Gasteiger charge is 2.24. The van der Waals surface area contributed by atoms with Gasteiger partial charge in [0.1, 0.15) is 24.5 Å². The quantitative estimate of drug-likeness (QED) is 0.849. The van der Waals surface area contributed by atoms with E-state index in [0.29, 0.717) is 30.8 Å². The van der Waals surface area contributed by atoms with Crippen molar-refractivity contribution in [3.8, 4) is 0 Å². The zero-order valence-corrected chi connectivity index (χ0v) is 13.7. The first-order valence-electron chi connectivity index (χ1n) is 8.12. The largest absolute Gasteiger partial charge is 0.490 e. The molecule has 2 aromatic heterocycles. The molecular weight excluding hydrogens is 326 g/mol. The number of H-pyrrole nitrogens is 1. The van der Waals surface area contributed by atoms with Crippen LogP contribution in [0.3, 0.4) is 0 Å². The van der Waals surface area contributed by atoms with E-state index in [-0.39, 0.29) is 23.8 Å². The van der Waals surface area contributed by atoms with Gasteiger partial charge in [-0.3, -0.25) is 4.79 Å². The van der Waals surface area contributed by atoms with Crippen LogP contribution in [-0.4, -0.2) is 40.4 Å². The van der Waals surface area contributed by atoms with Crippen molar-refractivity contribution in [1.82, 2.24) is 14.6 Å². The SMILES string of the molecule is CCOC(=O)c1cc2c(=O)[nH]c(C3C=CC4=C(C3)OCCO4)cn2n1. The first-order valence-corrected chi connectivity index (χ1v) is 8.12. The number of hydrogen-bond acceptors (Lipinski definition) is 6. The van der Waals surface area contributed by atoms with E-state index in [4.69, 9.17) is 14.2 Å². The summed E-state index contributed by atoms with van der Waals surface area (Å²) in [5, 5.41) is 4.16. The maximum atomic E-state index is 12.4. The van der Waals surface area contributed by atoms with Gasteiger partial charge in [0.05, 0.1) is 6.61 Å². The van der Waals surface area contributed by atoms with Crippen molar-refractivity contribution in [2.45, 2.75) is 19.3 Å². The van der Waals surface area contributed by atoms with Crippen LogP contribution >= 0.6 is 0 Å². The first-order chi connectivity index (χ1) is 12.2. The molecule has 1 aliphatic carbocycles. The third-order valence-corrected chi connectivity index (χ3v) is 4.15. The Morgan fingerprint density at radius 2 is 2.28 bits per heavy atom. The number of carbonyl (C=O) groups excluding carboxylic acids is 1. The van der Waals surface area contributed by atoms with Crippen molar-refractivity contribution in [1.29, 1.82) is 0 Å². The maximum Gasteiger partial charge on any atom is 0.358 e. The third-order valence-electron chi connectivity index (χ3n) is 4.15. The monoisotopic (exact) mass is 343 g/mol. The molecular formula is C17H17N3O5. The molecule has 0 aromatic carbocycles. The van der Waals surface area contributed by atoms with Crippen molar-refractivity contribution < 1.29 is 19.0 Å². The molecule has 0 spiro atoms. The highest BCUT2D eigenvalue weighted by Crippen LogP contribution is 2.32. The Labute approximate surface area is 142 Å². The number of esters is 1. The van der Waals surface area contributed by atoms with Crippen LogP contribution in [0.2, 0.25) is 0 Å². The van der Waals surface area contributed by atoms with Gasteiger partial charge in [0.2, 0.25) is 0 Å². The number of aromatic nitrogens is 3. The molecule has 1 atom stereocenters. The first kappa shape index (κ1) is 15.5. The Kier molecular flexibility index (Phi) is 3.79. The normalized spacial score (nSPS) is 19.3. The fourth-order valence-corrected chi connectivity index (χ4v) is 2.97. The summed E-state index contributed by atoms with van der Waals surface area (Å²) in [6.45, 7) is 3.03. The second kappa shape index (κ2) is 6.12. The van der Waals surface area contributed by atoms with E-state index in [1.165, 1.54) is 10.6 Å². The second-order valence-electron chi connectivity index (χ2n) is 5.77. The Bertz CT molecular complexity index is 953. The zero-order chi connectivity index (χ0) is 17.4. The molecule has 1 unspecified atom stereocenters. The van der Waals surface area contributed by atoms with E-state index in [0.717, 1.165) is 11.5 Å². The van der Waals surface area contributed by atoms with E-state index >= 15 is 0 Å². The molecule has 0 saturated heterocycles. The van der Waals surface area contributed by atoms with E-state index < -0.39 is 5.97 Å². The van der Waals surface area contributed by atoms with Gasteiger partial charge in [-0.1, -0.05) is 6.08 Å². The molecule has 130 valence electrons. The Hall–Kier alpha value is -3.03. The lowest BCUT2D eigenvalue weighted by molar-refractivity contribution is 0.0519. The lowest BCUT2D eigenvalue weighted by atomic mass is 9.95. The predicted octanol–water partition coefficient (Wildman–Crippen LogP) is 1.50. The van der Waals surface area contributed by atoms with E-state index in [1.54, 1.807) is 13.1 Å². The summed E-state index contributed by atoms with van der Waals surface area (Å²) in [5.74, 6) is 0.919. The number of hydrogen-bond donors (Lipinski definition) is 1. The topological polar surface area (TPSA) is 94.9 Å². The zero-order valence-electron chi connectivity index (χ0n) is 13.7. The van der Waals surface area contributed by atoms with Crippen molar-refractivity contribution in [3.05, 3.63) is 57.7 Å².